The zero-order chi connectivity index (χ0) is 19.1. The Balaban J connectivity index is 1.50. The van der Waals surface area contributed by atoms with Crippen LogP contribution in [0.1, 0.15) is 44.1 Å². The first-order valence-corrected chi connectivity index (χ1v) is 9.30. The summed E-state index contributed by atoms with van der Waals surface area (Å²) in [5.41, 5.74) is 0.641. The molecular formula is C21H25NO5. The Morgan fingerprint density at radius 3 is 2.67 bits per heavy atom. The average molecular weight is 371 g/mol. The molecule has 1 aliphatic heterocycles. The maximum Gasteiger partial charge on any atom is 0.303 e. The van der Waals surface area contributed by atoms with Crippen molar-refractivity contribution in [1.82, 2.24) is 5.32 Å². The molecule has 1 heterocycles. The SMILES string of the molecule is O=C(O)CC1(CNC(=O)/C=C/C=C/c2ccc3c(c2)OCO3)CCCCC1. The van der Waals surface area contributed by atoms with Crippen LogP contribution in [0.15, 0.2) is 36.4 Å². The average Bonchev–Trinajstić information content (AvgIpc) is 3.12. The van der Waals surface area contributed by atoms with E-state index in [0.29, 0.717) is 6.54 Å². The van der Waals surface area contributed by atoms with Gasteiger partial charge in [-0.25, -0.2) is 0 Å². The first kappa shape index (κ1) is 19.0. The van der Waals surface area contributed by atoms with Gasteiger partial charge in [-0.3, -0.25) is 9.59 Å². The van der Waals surface area contributed by atoms with Gasteiger partial charge in [0.2, 0.25) is 12.7 Å². The van der Waals surface area contributed by atoms with E-state index in [1.54, 1.807) is 12.2 Å². The highest BCUT2D eigenvalue weighted by Crippen LogP contribution is 2.38. The molecule has 0 bridgehead atoms. The predicted molar refractivity (Wildman–Crippen MR) is 102 cm³/mol. The van der Waals surface area contributed by atoms with E-state index >= 15 is 0 Å². The van der Waals surface area contributed by atoms with Crippen LogP contribution >= 0.6 is 0 Å². The van der Waals surface area contributed by atoms with Gasteiger partial charge in [0.25, 0.3) is 0 Å². The molecule has 1 saturated carbocycles. The molecule has 0 saturated heterocycles. The lowest BCUT2D eigenvalue weighted by atomic mass is 9.71. The Morgan fingerprint density at radius 1 is 1.11 bits per heavy atom. The molecule has 6 heteroatoms. The van der Waals surface area contributed by atoms with Crippen LogP contribution < -0.4 is 14.8 Å². The Labute approximate surface area is 158 Å². The number of carboxylic acid groups (broad SMARTS) is 1. The number of benzene rings is 1. The van der Waals surface area contributed by atoms with E-state index in [2.05, 4.69) is 5.32 Å². The number of hydrogen-bond acceptors (Lipinski definition) is 4. The number of fused-ring (bicyclic) bond motifs is 1. The minimum Gasteiger partial charge on any atom is -0.481 e. The van der Waals surface area contributed by atoms with Crippen LogP contribution in [-0.4, -0.2) is 30.3 Å². The van der Waals surface area contributed by atoms with Crippen molar-refractivity contribution >= 4 is 18.0 Å². The molecule has 0 radical (unpaired) electrons. The number of amides is 1. The third-order valence-corrected chi connectivity index (χ3v) is 5.12. The van der Waals surface area contributed by atoms with Gasteiger partial charge in [-0.15, -0.1) is 0 Å². The fourth-order valence-electron chi connectivity index (χ4n) is 3.70. The third kappa shape index (κ3) is 5.36. The maximum absolute atomic E-state index is 12.1. The molecule has 1 aliphatic carbocycles. The topological polar surface area (TPSA) is 84.9 Å². The second-order valence-electron chi connectivity index (χ2n) is 7.18. The molecule has 0 atom stereocenters. The zero-order valence-corrected chi connectivity index (χ0v) is 15.3. The summed E-state index contributed by atoms with van der Waals surface area (Å²) in [4.78, 5) is 23.2. The normalized spacial score (nSPS) is 18.1. The Hall–Kier alpha value is -2.76. The minimum atomic E-state index is -0.798. The molecule has 6 nitrogen and oxygen atoms in total. The fourth-order valence-corrected chi connectivity index (χ4v) is 3.70. The van der Waals surface area contributed by atoms with Crippen molar-refractivity contribution in [2.75, 3.05) is 13.3 Å². The number of aliphatic carboxylic acids is 1. The third-order valence-electron chi connectivity index (χ3n) is 5.12. The van der Waals surface area contributed by atoms with Crippen molar-refractivity contribution in [2.45, 2.75) is 38.5 Å². The molecule has 1 aromatic carbocycles. The molecule has 1 fully saturated rings. The summed E-state index contributed by atoms with van der Waals surface area (Å²) in [6.45, 7) is 0.653. The second-order valence-corrected chi connectivity index (χ2v) is 7.18. The van der Waals surface area contributed by atoms with Gasteiger partial charge >= 0.3 is 5.97 Å². The number of carboxylic acids is 1. The fraction of sp³-hybridized carbons (Fsp3) is 0.429. The molecule has 1 amide bonds. The van der Waals surface area contributed by atoms with E-state index in [9.17, 15) is 14.7 Å². The number of carbonyl (C=O) groups excluding carboxylic acids is 1. The monoisotopic (exact) mass is 371 g/mol. The number of rotatable bonds is 7. The van der Waals surface area contributed by atoms with E-state index in [0.717, 1.165) is 49.2 Å². The molecule has 0 spiro atoms. The smallest absolute Gasteiger partial charge is 0.303 e. The molecule has 0 unspecified atom stereocenters. The summed E-state index contributed by atoms with van der Waals surface area (Å²) in [6, 6.07) is 5.65. The van der Waals surface area contributed by atoms with Crippen molar-refractivity contribution in [3.05, 3.63) is 42.0 Å². The van der Waals surface area contributed by atoms with Gasteiger partial charge in [-0.2, -0.15) is 0 Å². The Kier molecular flexibility index (Phi) is 6.16. The molecule has 3 rings (SSSR count). The van der Waals surface area contributed by atoms with Crippen LogP contribution in [0, 0.1) is 5.41 Å². The van der Waals surface area contributed by atoms with E-state index in [1.165, 1.54) is 6.08 Å². The number of carbonyl (C=O) groups is 2. The molecule has 27 heavy (non-hydrogen) atoms. The van der Waals surface area contributed by atoms with E-state index in [-0.39, 0.29) is 24.5 Å². The molecule has 2 aliphatic rings. The Morgan fingerprint density at radius 2 is 1.89 bits per heavy atom. The predicted octanol–water partition coefficient (Wildman–Crippen LogP) is 3.53. The highest BCUT2D eigenvalue weighted by molar-refractivity contribution is 5.88. The summed E-state index contributed by atoms with van der Waals surface area (Å²) >= 11 is 0. The van der Waals surface area contributed by atoms with Crippen LogP contribution in [0.4, 0.5) is 0 Å². The summed E-state index contributed by atoms with van der Waals surface area (Å²) in [5.74, 6) is 0.448. The lowest BCUT2D eigenvalue weighted by Gasteiger charge is -2.36. The standard InChI is InChI=1S/C21H25NO5/c23-19(22-14-21(13-20(24)25)10-4-1-5-11-21)7-3-2-6-16-8-9-17-18(12-16)27-15-26-17/h2-3,6-9,12H,1,4-5,10-11,13-15H2,(H,22,23)(H,24,25)/b6-2+,7-3+. The first-order valence-electron chi connectivity index (χ1n) is 9.30. The number of hydrogen-bond donors (Lipinski definition) is 2. The zero-order valence-electron chi connectivity index (χ0n) is 15.3. The van der Waals surface area contributed by atoms with Crippen molar-refractivity contribution in [2.24, 2.45) is 5.41 Å². The highest BCUT2D eigenvalue weighted by atomic mass is 16.7. The van der Waals surface area contributed by atoms with Crippen molar-refractivity contribution < 1.29 is 24.2 Å². The molecule has 2 N–H and O–H groups in total. The van der Waals surface area contributed by atoms with Crippen LogP contribution in [0.3, 0.4) is 0 Å². The number of ether oxygens (including phenoxy) is 2. The summed E-state index contributed by atoms with van der Waals surface area (Å²) < 4.78 is 10.6. The number of allylic oxidation sites excluding steroid dienone is 2. The van der Waals surface area contributed by atoms with Gasteiger partial charge in [0.05, 0.1) is 6.42 Å². The maximum atomic E-state index is 12.1. The van der Waals surface area contributed by atoms with Gasteiger partial charge in [-0.05, 0) is 36.0 Å². The van der Waals surface area contributed by atoms with Gasteiger partial charge in [-0.1, -0.05) is 43.6 Å². The second kappa shape index (κ2) is 8.75. The first-order chi connectivity index (χ1) is 13.1. The molecule has 1 aromatic rings. The van der Waals surface area contributed by atoms with E-state index < -0.39 is 5.97 Å². The van der Waals surface area contributed by atoms with Gasteiger partial charge < -0.3 is 19.9 Å². The lowest BCUT2D eigenvalue weighted by molar-refractivity contribution is -0.140. The van der Waals surface area contributed by atoms with Crippen molar-refractivity contribution in [3.8, 4) is 11.5 Å². The van der Waals surface area contributed by atoms with Crippen LogP contribution in [0.5, 0.6) is 11.5 Å². The highest BCUT2D eigenvalue weighted by Gasteiger charge is 2.34. The van der Waals surface area contributed by atoms with E-state index in [4.69, 9.17) is 9.47 Å². The molecule has 144 valence electrons. The quantitative estimate of drug-likeness (QED) is 0.566. The van der Waals surface area contributed by atoms with Gasteiger partial charge in [0.15, 0.2) is 11.5 Å². The van der Waals surface area contributed by atoms with Crippen molar-refractivity contribution in [3.63, 3.8) is 0 Å². The minimum absolute atomic E-state index is 0.112. The Bertz CT molecular complexity index is 747. The largest absolute Gasteiger partial charge is 0.481 e. The summed E-state index contributed by atoms with van der Waals surface area (Å²) in [7, 11) is 0. The summed E-state index contributed by atoms with van der Waals surface area (Å²) in [6.07, 6.45) is 11.8. The van der Waals surface area contributed by atoms with Gasteiger partial charge in [0.1, 0.15) is 0 Å². The van der Waals surface area contributed by atoms with Crippen LogP contribution in [-0.2, 0) is 9.59 Å². The lowest BCUT2D eigenvalue weighted by Crippen LogP contribution is -2.39. The van der Waals surface area contributed by atoms with Crippen molar-refractivity contribution in [1.29, 1.82) is 0 Å². The van der Waals surface area contributed by atoms with Crippen LogP contribution in [0.25, 0.3) is 6.08 Å². The van der Waals surface area contributed by atoms with Crippen LogP contribution in [0.2, 0.25) is 0 Å². The van der Waals surface area contributed by atoms with Gasteiger partial charge in [0, 0.05) is 12.6 Å². The number of nitrogens with one attached hydrogen (secondary N) is 1. The summed E-state index contributed by atoms with van der Waals surface area (Å²) in [5, 5.41) is 12.1. The van der Waals surface area contributed by atoms with E-state index in [1.807, 2.05) is 24.3 Å². The molecular weight excluding hydrogens is 346 g/mol. The molecule has 0 aromatic heterocycles.